The first-order valence-corrected chi connectivity index (χ1v) is 16.8. The minimum absolute atomic E-state index is 0.0567. The molecule has 3 aliphatic rings. The fourth-order valence-corrected chi connectivity index (χ4v) is 6.79. The number of urea groups is 1. The van der Waals surface area contributed by atoms with Gasteiger partial charge in [0.2, 0.25) is 11.9 Å². The fourth-order valence-electron chi connectivity index (χ4n) is 6.79. The van der Waals surface area contributed by atoms with E-state index < -0.39 is 102 Å². The van der Waals surface area contributed by atoms with Gasteiger partial charge in [0.15, 0.2) is 17.9 Å². The maximum absolute atomic E-state index is 13.9. The first kappa shape index (κ1) is 39.4. The molecule has 2 aromatic carbocycles. The Bertz CT molecular complexity index is 1790. The first-order valence-electron chi connectivity index (χ1n) is 16.8. The Labute approximate surface area is 302 Å². The molecule has 0 saturated carbocycles. The Hall–Kier alpha value is -4.78. The Kier molecular flexibility index (Phi) is 12.6. The average Bonchev–Trinajstić information content (AvgIpc) is 3.13. The summed E-state index contributed by atoms with van der Waals surface area (Å²) in [6.07, 6.45) is -4.82. The van der Waals surface area contributed by atoms with Gasteiger partial charge in [-0.1, -0.05) is 12.1 Å². The largest absolute Gasteiger partial charge is 0.507 e. The second-order valence-corrected chi connectivity index (χ2v) is 12.7. The van der Waals surface area contributed by atoms with E-state index in [1.807, 2.05) is 0 Å². The number of aromatic hydroxyl groups is 2. The highest BCUT2D eigenvalue weighted by Gasteiger charge is 2.50. The molecule has 18 heteroatoms. The van der Waals surface area contributed by atoms with Crippen molar-refractivity contribution in [2.24, 2.45) is 4.99 Å². The van der Waals surface area contributed by atoms with Crippen molar-refractivity contribution in [3.63, 3.8) is 0 Å². The third kappa shape index (κ3) is 8.09. The van der Waals surface area contributed by atoms with E-state index in [-0.39, 0.29) is 73.9 Å². The highest BCUT2D eigenvalue weighted by molar-refractivity contribution is 6.31. The molecule has 2 amide bonds. The number of hydrogen-bond acceptors (Lipinski definition) is 16. The Morgan fingerprint density at radius 3 is 2.47 bits per heavy atom. The van der Waals surface area contributed by atoms with Crippen LogP contribution in [0.1, 0.15) is 68.8 Å². The number of methoxy groups -OCH3 is 1. The predicted octanol–water partition coefficient (Wildman–Crippen LogP) is -0.289. The molecular weight excluding hydrogens is 702 g/mol. The number of aliphatic imine (C=N–C) groups is 1. The summed E-state index contributed by atoms with van der Waals surface area (Å²) < 4.78 is 27.9. The number of ketones is 3. The van der Waals surface area contributed by atoms with Crippen LogP contribution in [0, 0.1) is 0 Å². The lowest BCUT2D eigenvalue weighted by atomic mass is 9.72. The number of aliphatic hydroxyl groups excluding tert-OH is 2. The van der Waals surface area contributed by atoms with Gasteiger partial charge >= 0.3 is 6.03 Å². The first-order chi connectivity index (χ1) is 25.4. The SMILES string of the molecule is COc1cccc2c1C(=O)c1c(O)c3c(c(O)c1C2=O)C[C@@](O)(C(=O)CO)C[C@@H]3OC1CC(NC(=O)NCCOCCOCCN=C=O)[C@@H](O)[C@H](C)O1. The number of nitrogens with one attached hydrogen (secondary N) is 2. The molecule has 2 aromatic rings. The molecule has 1 aliphatic heterocycles. The number of isocyanates is 1. The molecular formula is C35H41N3O15. The summed E-state index contributed by atoms with van der Waals surface area (Å²) in [5.74, 6) is -4.10. The van der Waals surface area contributed by atoms with Crippen LogP contribution in [0.25, 0.3) is 0 Å². The van der Waals surface area contributed by atoms with E-state index in [9.17, 15) is 49.5 Å². The maximum Gasteiger partial charge on any atom is 0.315 e. The normalized spacial score (nSPS) is 24.7. The van der Waals surface area contributed by atoms with Gasteiger partial charge in [-0.15, -0.1) is 0 Å². The second-order valence-electron chi connectivity index (χ2n) is 12.7. The van der Waals surface area contributed by atoms with Gasteiger partial charge < -0.3 is 59.9 Å². The number of phenolic OH excluding ortho intramolecular Hbond substituents is 2. The lowest BCUT2D eigenvalue weighted by molar-refractivity contribution is -0.249. The summed E-state index contributed by atoms with van der Waals surface area (Å²) >= 11 is 0. The molecule has 2 unspecified atom stereocenters. The van der Waals surface area contributed by atoms with Crippen molar-refractivity contribution >= 4 is 29.5 Å². The summed E-state index contributed by atoms with van der Waals surface area (Å²) in [4.78, 5) is 66.5. The molecule has 2 aliphatic carbocycles. The summed E-state index contributed by atoms with van der Waals surface area (Å²) in [7, 11) is 1.30. The molecule has 0 radical (unpaired) electrons. The number of Topliss-reactive ketones (excluding diaryl/α,β-unsaturated/α-hetero) is 1. The average molecular weight is 744 g/mol. The van der Waals surface area contributed by atoms with Crippen LogP contribution in [0.4, 0.5) is 4.79 Å². The molecule has 53 heavy (non-hydrogen) atoms. The molecule has 18 nitrogen and oxygen atoms in total. The van der Waals surface area contributed by atoms with E-state index in [1.165, 1.54) is 38.3 Å². The number of hydrogen-bond donors (Lipinski definition) is 7. The molecule has 0 aromatic heterocycles. The third-order valence-corrected chi connectivity index (χ3v) is 9.39. The molecule has 1 fully saturated rings. The number of fused-ring (bicyclic) bond motifs is 3. The van der Waals surface area contributed by atoms with Crippen molar-refractivity contribution in [2.75, 3.05) is 53.2 Å². The Morgan fingerprint density at radius 2 is 1.77 bits per heavy atom. The van der Waals surface area contributed by atoms with Crippen LogP contribution >= 0.6 is 0 Å². The zero-order chi connectivity index (χ0) is 38.4. The Morgan fingerprint density at radius 1 is 1.06 bits per heavy atom. The van der Waals surface area contributed by atoms with Gasteiger partial charge in [0.25, 0.3) is 0 Å². The minimum Gasteiger partial charge on any atom is -0.507 e. The van der Waals surface area contributed by atoms with Gasteiger partial charge in [-0.3, -0.25) is 14.4 Å². The van der Waals surface area contributed by atoms with E-state index in [0.29, 0.717) is 0 Å². The van der Waals surface area contributed by atoms with Crippen LogP contribution < -0.4 is 15.4 Å². The monoisotopic (exact) mass is 743 g/mol. The molecule has 1 saturated heterocycles. The van der Waals surface area contributed by atoms with Crippen molar-refractivity contribution in [3.05, 3.63) is 51.6 Å². The Balaban J connectivity index is 1.35. The van der Waals surface area contributed by atoms with Gasteiger partial charge in [0.1, 0.15) is 35.6 Å². The molecule has 5 rings (SSSR count). The molecule has 6 atom stereocenters. The zero-order valence-electron chi connectivity index (χ0n) is 29.0. The van der Waals surface area contributed by atoms with Gasteiger partial charge in [0.05, 0.1) is 75.0 Å². The van der Waals surface area contributed by atoms with Crippen molar-refractivity contribution < 1.29 is 73.2 Å². The number of benzene rings is 2. The smallest absolute Gasteiger partial charge is 0.315 e. The number of aliphatic hydroxyl groups is 3. The van der Waals surface area contributed by atoms with Crippen LogP contribution in [0.3, 0.4) is 0 Å². The maximum atomic E-state index is 13.9. The van der Waals surface area contributed by atoms with Crippen LogP contribution in [-0.2, 0) is 35.0 Å². The van der Waals surface area contributed by atoms with E-state index >= 15 is 0 Å². The number of carbonyl (C=O) groups is 4. The van der Waals surface area contributed by atoms with E-state index in [2.05, 4.69) is 15.6 Å². The predicted molar refractivity (Wildman–Crippen MR) is 179 cm³/mol. The lowest BCUT2D eigenvalue weighted by Crippen LogP contribution is -2.57. The molecule has 0 spiro atoms. The highest BCUT2D eigenvalue weighted by Crippen LogP contribution is 2.52. The zero-order valence-corrected chi connectivity index (χ0v) is 29.0. The number of nitrogens with zero attached hydrogens (tertiary/aromatic N) is 1. The molecule has 286 valence electrons. The number of carbonyl (C=O) groups excluding carboxylic acids is 5. The van der Waals surface area contributed by atoms with E-state index in [1.54, 1.807) is 0 Å². The molecule has 1 heterocycles. The van der Waals surface area contributed by atoms with Crippen LogP contribution in [-0.4, -0.2) is 138 Å². The van der Waals surface area contributed by atoms with Crippen molar-refractivity contribution in [1.29, 1.82) is 0 Å². The van der Waals surface area contributed by atoms with Crippen LogP contribution in [0.5, 0.6) is 17.2 Å². The van der Waals surface area contributed by atoms with Crippen molar-refractivity contribution in [3.8, 4) is 17.2 Å². The summed E-state index contributed by atoms with van der Waals surface area (Å²) in [5.41, 5.74) is -4.08. The van der Waals surface area contributed by atoms with E-state index in [0.717, 1.165) is 0 Å². The summed E-state index contributed by atoms with van der Waals surface area (Å²) in [6, 6.07) is 2.71. The number of ether oxygens (including phenoxy) is 5. The van der Waals surface area contributed by atoms with Gasteiger partial charge in [-0.2, -0.15) is 0 Å². The standard InChI is InChI=1S/C35H41N3O15/c1-17-29(42)20(38-34(47)37-7-9-51-11-10-50-8-6-36-16-40)12-24(52-17)53-22-14-35(48,23(41)15-39)13-19-26(22)33(46)28-27(31(19)44)30(43)18-4-3-5-21(49-2)25(18)32(28)45/h3-5,17,20,22,24,29,39,42,44,46,48H,6-15H2,1-2H3,(H2,37,38,47)/t17-,20?,22-,24?,29-,35-/m0/s1. The van der Waals surface area contributed by atoms with Crippen molar-refractivity contribution in [1.82, 2.24) is 10.6 Å². The second kappa shape index (κ2) is 16.9. The topological polar surface area (TPSA) is 269 Å². The number of phenols is 2. The van der Waals surface area contributed by atoms with Gasteiger partial charge in [-0.05, 0) is 13.0 Å². The molecule has 0 bridgehead atoms. The van der Waals surface area contributed by atoms with Gasteiger partial charge in [-0.25, -0.2) is 14.6 Å². The third-order valence-electron chi connectivity index (χ3n) is 9.39. The molecule has 7 N–H and O–H groups in total. The number of amides is 2. The van der Waals surface area contributed by atoms with Crippen molar-refractivity contribution in [2.45, 2.75) is 62.4 Å². The summed E-state index contributed by atoms with van der Waals surface area (Å²) in [5, 5.41) is 60.5. The van der Waals surface area contributed by atoms with Crippen LogP contribution in [0.2, 0.25) is 0 Å². The minimum atomic E-state index is -2.34. The summed E-state index contributed by atoms with van der Waals surface area (Å²) in [6.45, 7) is 1.60. The van der Waals surface area contributed by atoms with Gasteiger partial charge in [0, 0.05) is 42.5 Å². The lowest BCUT2D eigenvalue weighted by Gasteiger charge is -2.42. The number of rotatable bonds is 15. The van der Waals surface area contributed by atoms with E-state index in [4.69, 9.17) is 23.7 Å². The van der Waals surface area contributed by atoms with Crippen LogP contribution in [0.15, 0.2) is 23.2 Å². The quantitative estimate of drug-likeness (QED) is 0.0456. The fraction of sp³-hybridized carbons (Fsp3) is 0.514. The highest BCUT2D eigenvalue weighted by atomic mass is 16.7.